The van der Waals surface area contributed by atoms with Crippen LogP contribution in [0.1, 0.15) is 75.2 Å². The fourth-order valence-corrected chi connectivity index (χ4v) is 2.53. The Bertz CT molecular complexity index is 393. The molecule has 0 aromatic heterocycles. The van der Waals surface area contributed by atoms with Crippen LogP contribution in [0.15, 0.2) is 0 Å². The zero-order valence-electron chi connectivity index (χ0n) is 16.2. The molecule has 22 heavy (non-hydrogen) atoms. The van der Waals surface area contributed by atoms with Gasteiger partial charge in [-0.25, -0.2) is 0 Å². The maximum Gasteiger partial charge on any atom is 0.227 e. The minimum Gasteiger partial charge on any atom is -0.389 e. The van der Waals surface area contributed by atoms with Crippen LogP contribution >= 0.6 is 0 Å². The number of amides is 1. The number of aliphatic hydroxyl groups is 1. The maximum absolute atomic E-state index is 11.8. The van der Waals surface area contributed by atoms with Crippen LogP contribution in [0, 0.1) is 22.2 Å². The van der Waals surface area contributed by atoms with Crippen molar-refractivity contribution in [2.45, 2.75) is 80.8 Å². The molecule has 1 N–H and O–H groups in total. The smallest absolute Gasteiger partial charge is 0.227 e. The predicted octanol–water partition coefficient (Wildman–Crippen LogP) is 4.09. The number of hydrogen-bond acceptors (Lipinski definition) is 2. The summed E-state index contributed by atoms with van der Waals surface area (Å²) in [7, 11) is 0. The van der Waals surface area contributed by atoms with Gasteiger partial charge in [-0.2, -0.15) is 0 Å². The Morgan fingerprint density at radius 2 is 1.36 bits per heavy atom. The highest BCUT2D eigenvalue weighted by atomic mass is 16.3. The molecular weight excluding hydrogens is 274 g/mol. The number of carbonyl (C=O) groups is 1. The van der Waals surface area contributed by atoms with Crippen molar-refractivity contribution in [3.05, 3.63) is 0 Å². The first kappa shape index (κ1) is 19.5. The Labute approximate surface area is 137 Å². The summed E-state index contributed by atoms with van der Waals surface area (Å²) < 4.78 is 0. The average Bonchev–Trinajstić information content (AvgIpc) is 2.91. The van der Waals surface area contributed by atoms with Gasteiger partial charge in [0.05, 0.1) is 5.60 Å². The molecule has 0 unspecified atom stereocenters. The van der Waals surface area contributed by atoms with E-state index in [1.165, 1.54) is 0 Å². The first-order valence-electron chi connectivity index (χ1n) is 8.60. The van der Waals surface area contributed by atoms with Gasteiger partial charge in [0, 0.05) is 18.5 Å². The van der Waals surface area contributed by atoms with E-state index in [1.54, 1.807) is 0 Å². The minimum absolute atomic E-state index is 0.104. The lowest BCUT2D eigenvalue weighted by atomic mass is 9.75. The lowest BCUT2D eigenvalue weighted by Crippen LogP contribution is -2.57. The summed E-state index contributed by atoms with van der Waals surface area (Å²) in [6, 6.07) is 0. The summed E-state index contributed by atoms with van der Waals surface area (Å²) in [5, 5.41) is 9.47. The number of carbonyl (C=O) groups excluding carboxylic acids is 1. The molecule has 3 nitrogen and oxygen atoms in total. The molecule has 1 amide bonds. The molecule has 1 heterocycles. The first-order chi connectivity index (χ1) is 9.58. The van der Waals surface area contributed by atoms with Gasteiger partial charge in [-0.05, 0) is 29.6 Å². The van der Waals surface area contributed by atoms with E-state index in [2.05, 4.69) is 41.5 Å². The highest BCUT2D eigenvalue weighted by molar-refractivity contribution is 5.82. The van der Waals surface area contributed by atoms with Crippen molar-refractivity contribution >= 4 is 5.91 Å². The molecule has 2 rings (SSSR count). The fourth-order valence-electron chi connectivity index (χ4n) is 2.53. The molecule has 0 atom stereocenters. The minimum atomic E-state index is -0.312. The SMILES string of the molecule is CC(C)(C)C(=O)N1CC(C(C)(C)C)C1.CC(C)(C)C1(O)CC1. The van der Waals surface area contributed by atoms with Crippen LogP contribution < -0.4 is 0 Å². The third-order valence-corrected chi connectivity index (χ3v) is 5.15. The van der Waals surface area contributed by atoms with Crippen LogP contribution in [0.25, 0.3) is 0 Å². The quantitative estimate of drug-likeness (QED) is 0.732. The summed E-state index contributed by atoms with van der Waals surface area (Å²) in [4.78, 5) is 13.8. The molecule has 3 heteroatoms. The van der Waals surface area contributed by atoms with Crippen LogP contribution in [0.4, 0.5) is 0 Å². The second kappa shape index (κ2) is 5.81. The van der Waals surface area contributed by atoms with E-state index >= 15 is 0 Å². The van der Waals surface area contributed by atoms with Crippen molar-refractivity contribution < 1.29 is 9.90 Å². The maximum atomic E-state index is 11.8. The summed E-state index contributed by atoms with van der Waals surface area (Å²) in [6.45, 7) is 20.8. The van der Waals surface area contributed by atoms with E-state index in [-0.39, 0.29) is 22.3 Å². The largest absolute Gasteiger partial charge is 0.389 e. The molecule has 1 saturated carbocycles. The van der Waals surface area contributed by atoms with Crippen LogP contribution in [-0.4, -0.2) is 34.6 Å². The fraction of sp³-hybridized carbons (Fsp3) is 0.947. The third kappa shape index (κ3) is 4.71. The van der Waals surface area contributed by atoms with Gasteiger partial charge in [0.15, 0.2) is 0 Å². The van der Waals surface area contributed by atoms with Gasteiger partial charge < -0.3 is 10.0 Å². The molecular formula is C19H37NO2. The van der Waals surface area contributed by atoms with Crippen molar-refractivity contribution in [1.82, 2.24) is 4.90 Å². The van der Waals surface area contributed by atoms with Gasteiger partial charge in [0.25, 0.3) is 0 Å². The van der Waals surface area contributed by atoms with Crippen molar-refractivity contribution in [3.63, 3.8) is 0 Å². The van der Waals surface area contributed by atoms with E-state index < -0.39 is 0 Å². The van der Waals surface area contributed by atoms with Gasteiger partial charge in [0.1, 0.15) is 0 Å². The molecule has 0 spiro atoms. The normalized spacial score (nSPS) is 21.6. The topological polar surface area (TPSA) is 40.5 Å². The van der Waals surface area contributed by atoms with Gasteiger partial charge >= 0.3 is 0 Å². The Morgan fingerprint density at radius 1 is 0.955 bits per heavy atom. The van der Waals surface area contributed by atoms with E-state index in [9.17, 15) is 9.90 Å². The van der Waals surface area contributed by atoms with Gasteiger partial charge in [-0.15, -0.1) is 0 Å². The van der Waals surface area contributed by atoms with Crippen LogP contribution in [0.2, 0.25) is 0 Å². The highest BCUT2D eigenvalue weighted by Gasteiger charge is 2.50. The average molecular weight is 312 g/mol. The second-order valence-corrected chi connectivity index (χ2v) is 10.3. The van der Waals surface area contributed by atoms with Gasteiger partial charge in [-0.3, -0.25) is 4.79 Å². The molecule has 2 aliphatic rings. The predicted molar refractivity (Wildman–Crippen MR) is 92.6 cm³/mol. The molecule has 0 aromatic carbocycles. The lowest BCUT2D eigenvalue weighted by molar-refractivity contribution is -0.148. The lowest BCUT2D eigenvalue weighted by Gasteiger charge is -2.48. The summed E-state index contributed by atoms with van der Waals surface area (Å²) in [6.07, 6.45) is 1.99. The third-order valence-electron chi connectivity index (χ3n) is 5.15. The molecule has 1 aliphatic carbocycles. The van der Waals surface area contributed by atoms with E-state index in [0.717, 1.165) is 25.9 Å². The molecule has 2 fully saturated rings. The van der Waals surface area contributed by atoms with E-state index in [0.29, 0.717) is 11.3 Å². The Morgan fingerprint density at radius 3 is 1.55 bits per heavy atom. The Balaban J connectivity index is 0.000000255. The van der Waals surface area contributed by atoms with Gasteiger partial charge in [-0.1, -0.05) is 62.3 Å². The molecule has 0 aromatic rings. The zero-order chi connectivity index (χ0) is 17.6. The Hall–Kier alpha value is -0.570. The number of likely N-dealkylation sites (tertiary alicyclic amines) is 1. The summed E-state index contributed by atoms with van der Waals surface area (Å²) >= 11 is 0. The molecule has 0 bridgehead atoms. The van der Waals surface area contributed by atoms with Crippen molar-refractivity contribution in [3.8, 4) is 0 Å². The number of rotatable bonds is 0. The molecule has 1 aliphatic heterocycles. The van der Waals surface area contributed by atoms with Crippen LogP contribution in [0.5, 0.6) is 0 Å². The highest BCUT2D eigenvalue weighted by Crippen LogP contribution is 2.49. The van der Waals surface area contributed by atoms with E-state index in [1.807, 2.05) is 25.7 Å². The molecule has 130 valence electrons. The molecule has 1 saturated heterocycles. The standard InChI is InChI=1S/C12H23NO.C7H14O/c1-11(2,3)9-7-13(8-9)10(14)12(4,5)6;1-6(2,3)7(8)4-5-7/h9H,7-8H2,1-6H3;8H,4-5H2,1-3H3. The number of hydrogen-bond donors (Lipinski definition) is 1. The monoisotopic (exact) mass is 311 g/mol. The Kier molecular flexibility index (Phi) is 5.15. The number of nitrogens with zero attached hydrogens (tertiary/aromatic N) is 1. The van der Waals surface area contributed by atoms with Crippen LogP contribution in [0.3, 0.4) is 0 Å². The summed E-state index contributed by atoms with van der Waals surface area (Å²) in [5.41, 5.74) is -0.0858. The second-order valence-electron chi connectivity index (χ2n) is 10.3. The van der Waals surface area contributed by atoms with Crippen molar-refractivity contribution in [2.75, 3.05) is 13.1 Å². The summed E-state index contributed by atoms with van der Waals surface area (Å²) in [5.74, 6) is 0.965. The van der Waals surface area contributed by atoms with Crippen molar-refractivity contribution in [1.29, 1.82) is 0 Å². The van der Waals surface area contributed by atoms with Gasteiger partial charge in [0.2, 0.25) is 5.91 Å². The molecule has 0 radical (unpaired) electrons. The van der Waals surface area contributed by atoms with Crippen LogP contribution in [-0.2, 0) is 4.79 Å². The van der Waals surface area contributed by atoms with E-state index in [4.69, 9.17) is 0 Å². The van der Waals surface area contributed by atoms with Crippen molar-refractivity contribution in [2.24, 2.45) is 22.2 Å². The zero-order valence-corrected chi connectivity index (χ0v) is 16.2. The first-order valence-corrected chi connectivity index (χ1v) is 8.60.